The largest absolute Gasteiger partial charge is 0.330 e. The summed E-state index contributed by atoms with van der Waals surface area (Å²) in [7, 11) is 0. The van der Waals surface area contributed by atoms with Crippen molar-refractivity contribution in [2.45, 2.75) is 24.9 Å². The van der Waals surface area contributed by atoms with Crippen LogP contribution in [0.15, 0.2) is 24.3 Å². The van der Waals surface area contributed by atoms with E-state index in [1.807, 2.05) is 29.2 Å². The molecule has 0 unspecified atom stereocenters. The van der Waals surface area contributed by atoms with Crippen molar-refractivity contribution in [3.05, 3.63) is 29.8 Å². The molecule has 0 bridgehead atoms. The minimum Gasteiger partial charge on any atom is -0.330 e. The zero-order chi connectivity index (χ0) is 11.2. The predicted molar refractivity (Wildman–Crippen MR) is 62.2 cm³/mol. The molecule has 1 heterocycles. The molecule has 4 nitrogen and oxygen atoms in total. The number of benzene rings is 1. The highest BCUT2D eigenvalue weighted by molar-refractivity contribution is 5.95. The second kappa shape index (κ2) is 3.22. The highest BCUT2D eigenvalue weighted by Gasteiger charge is 2.51. The monoisotopic (exact) mass is 217 g/mol. The third-order valence-electron chi connectivity index (χ3n) is 3.42. The maximum atomic E-state index is 11.8. The number of nitrogens with one attached hydrogen (secondary N) is 1. The normalized spacial score (nSPS) is 21.3. The summed E-state index contributed by atoms with van der Waals surface area (Å²) in [5, 5.41) is 3.04. The Morgan fingerprint density at radius 1 is 1.31 bits per heavy atom. The van der Waals surface area contributed by atoms with Crippen LogP contribution in [-0.2, 0) is 6.54 Å². The van der Waals surface area contributed by atoms with Gasteiger partial charge in [-0.3, -0.25) is 4.90 Å². The summed E-state index contributed by atoms with van der Waals surface area (Å²) in [5.41, 5.74) is 7.67. The van der Waals surface area contributed by atoms with Crippen LogP contribution >= 0.6 is 0 Å². The molecule has 3 N–H and O–H groups in total. The lowest BCUT2D eigenvalue weighted by atomic mass is 10.2. The van der Waals surface area contributed by atoms with E-state index in [4.69, 9.17) is 5.73 Å². The molecule has 1 saturated heterocycles. The van der Waals surface area contributed by atoms with Crippen LogP contribution in [0.25, 0.3) is 0 Å². The van der Waals surface area contributed by atoms with E-state index >= 15 is 0 Å². The molecular weight excluding hydrogens is 202 g/mol. The molecule has 16 heavy (non-hydrogen) atoms. The highest BCUT2D eigenvalue weighted by Crippen LogP contribution is 2.40. The highest BCUT2D eigenvalue weighted by atomic mass is 16.2. The quantitative estimate of drug-likeness (QED) is 0.782. The number of carbonyl (C=O) groups excluding carboxylic acids is 1. The Hall–Kier alpha value is -1.55. The molecule has 2 amide bonds. The van der Waals surface area contributed by atoms with E-state index in [2.05, 4.69) is 5.32 Å². The summed E-state index contributed by atoms with van der Waals surface area (Å²) in [5.74, 6) is 0. The second-order valence-corrected chi connectivity index (χ2v) is 4.67. The standard InChI is InChI=1S/C12H15N3O/c13-7-9-1-3-10(4-2-9)15-8-12(5-6-12)14-11(15)16/h1-4H,5-8,13H2,(H,14,16). The van der Waals surface area contributed by atoms with Crippen molar-refractivity contribution < 1.29 is 4.79 Å². The first-order valence-corrected chi connectivity index (χ1v) is 5.61. The van der Waals surface area contributed by atoms with Crippen LogP contribution in [0.2, 0.25) is 0 Å². The van der Waals surface area contributed by atoms with Gasteiger partial charge in [-0.25, -0.2) is 4.79 Å². The first kappa shape index (κ1) is 9.66. The topological polar surface area (TPSA) is 58.4 Å². The Kier molecular flexibility index (Phi) is 1.94. The van der Waals surface area contributed by atoms with E-state index in [0.717, 1.165) is 30.6 Å². The van der Waals surface area contributed by atoms with Gasteiger partial charge in [-0.15, -0.1) is 0 Å². The molecule has 1 aliphatic carbocycles. The van der Waals surface area contributed by atoms with Crippen LogP contribution < -0.4 is 16.0 Å². The van der Waals surface area contributed by atoms with E-state index < -0.39 is 0 Å². The summed E-state index contributed by atoms with van der Waals surface area (Å²) in [4.78, 5) is 13.6. The van der Waals surface area contributed by atoms with Crippen molar-refractivity contribution in [2.24, 2.45) is 5.73 Å². The Labute approximate surface area is 94.4 Å². The van der Waals surface area contributed by atoms with Crippen molar-refractivity contribution in [1.29, 1.82) is 0 Å². The van der Waals surface area contributed by atoms with Gasteiger partial charge in [-0.2, -0.15) is 0 Å². The van der Waals surface area contributed by atoms with Gasteiger partial charge in [0.25, 0.3) is 0 Å². The molecule has 1 aromatic rings. The third kappa shape index (κ3) is 1.46. The summed E-state index contributed by atoms with van der Waals surface area (Å²) in [6.07, 6.45) is 2.21. The van der Waals surface area contributed by atoms with Gasteiger partial charge >= 0.3 is 6.03 Å². The zero-order valence-electron chi connectivity index (χ0n) is 9.07. The van der Waals surface area contributed by atoms with Crippen molar-refractivity contribution in [2.75, 3.05) is 11.4 Å². The zero-order valence-corrected chi connectivity index (χ0v) is 9.07. The van der Waals surface area contributed by atoms with Gasteiger partial charge in [0.05, 0.1) is 12.1 Å². The van der Waals surface area contributed by atoms with Gasteiger partial charge in [0.2, 0.25) is 0 Å². The van der Waals surface area contributed by atoms with Crippen molar-refractivity contribution >= 4 is 11.7 Å². The van der Waals surface area contributed by atoms with Gasteiger partial charge < -0.3 is 11.1 Å². The fraction of sp³-hybridized carbons (Fsp3) is 0.417. The van der Waals surface area contributed by atoms with Crippen molar-refractivity contribution in [3.8, 4) is 0 Å². The SMILES string of the molecule is NCc1ccc(N2CC3(CC3)NC2=O)cc1. The number of nitrogens with two attached hydrogens (primary N) is 1. The minimum absolute atomic E-state index is 0.0259. The lowest BCUT2D eigenvalue weighted by molar-refractivity contribution is 0.250. The average molecular weight is 217 g/mol. The molecule has 4 heteroatoms. The molecule has 0 atom stereocenters. The van der Waals surface area contributed by atoms with Gasteiger partial charge in [0.15, 0.2) is 0 Å². The Morgan fingerprint density at radius 2 is 2.00 bits per heavy atom. The molecule has 2 fully saturated rings. The molecule has 84 valence electrons. The Balaban J connectivity index is 1.83. The van der Waals surface area contributed by atoms with Gasteiger partial charge in [0.1, 0.15) is 0 Å². The first-order chi connectivity index (χ1) is 7.72. The summed E-state index contributed by atoms with van der Waals surface area (Å²) in [6, 6.07) is 7.89. The number of carbonyl (C=O) groups is 1. The summed E-state index contributed by atoms with van der Waals surface area (Å²) in [6.45, 7) is 1.34. The summed E-state index contributed by atoms with van der Waals surface area (Å²) >= 11 is 0. The van der Waals surface area contributed by atoms with E-state index in [-0.39, 0.29) is 11.6 Å². The van der Waals surface area contributed by atoms with E-state index in [9.17, 15) is 4.79 Å². The maximum Gasteiger partial charge on any atom is 0.322 e. The lowest BCUT2D eigenvalue weighted by Crippen LogP contribution is -2.29. The first-order valence-electron chi connectivity index (χ1n) is 5.61. The fourth-order valence-electron chi connectivity index (χ4n) is 2.16. The number of rotatable bonds is 2. The Bertz CT molecular complexity index is 422. The molecule has 3 rings (SSSR count). The smallest absolute Gasteiger partial charge is 0.322 e. The van der Waals surface area contributed by atoms with E-state index in [1.54, 1.807) is 0 Å². The maximum absolute atomic E-state index is 11.8. The molecular formula is C12H15N3O. The van der Waals surface area contributed by atoms with Gasteiger partial charge in [-0.05, 0) is 30.5 Å². The van der Waals surface area contributed by atoms with Crippen LogP contribution in [0.3, 0.4) is 0 Å². The molecule has 1 saturated carbocycles. The number of hydrogen-bond donors (Lipinski definition) is 2. The summed E-state index contributed by atoms with van der Waals surface area (Å²) < 4.78 is 0. The molecule has 1 aliphatic heterocycles. The van der Waals surface area contributed by atoms with Crippen LogP contribution in [0.5, 0.6) is 0 Å². The number of amides is 2. The van der Waals surface area contributed by atoms with E-state index in [0.29, 0.717) is 6.54 Å². The van der Waals surface area contributed by atoms with Crippen LogP contribution in [0, 0.1) is 0 Å². The van der Waals surface area contributed by atoms with Crippen LogP contribution in [-0.4, -0.2) is 18.1 Å². The van der Waals surface area contributed by atoms with Gasteiger partial charge in [-0.1, -0.05) is 12.1 Å². The number of urea groups is 1. The predicted octanol–water partition coefficient (Wildman–Crippen LogP) is 1.21. The second-order valence-electron chi connectivity index (χ2n) is 4.67. The lowest BCUT2D eigenvalue weighted by Gasteiger charge is -2.14. The average Bonchev–Trinajstić information content (AvgIpc) is 2.97. The molecule has 1 spiro atoms. The molecule has 1 aromatic carbocycles. The van der Waals surface area contributed by atoms with Crippen LogP contribution in [0.4, 0.5) is 10.5 Å². The molecule has 0 radical (unpaired) electrons. The Morgan fingerprint density at radius 3 is 2.50 bits per heavy atom. The number of anilines is 1. The van der Waals surface area contributed by atoms with Crippen LogP contribution in [0.1, 0.15) is 18.4 Å². The van der Waals surface area contributed by atoms with E-state index in [1.165, 1.54) is 0 Å². The van der Waals surface area contributed by atoms with Gasteiger partial charge in [0, 0.05) is 12.2 Å². The molecule has 0 aromatic heterocycles. The number of nitrogens with zero attached hydrogens (tertiary/aromatic N) is 1. The van der Waals surface area contributed by atoms with Crippen molar-refractivity contribution in [3.63, 3.8) is 0 Å². The van der Waals surface area contributed by atoms with Crippen molar-refractivity contribution in [1.82, 2.24) is 5.32 Å². The fourth-order valence-corrected chi connectivity index (χ4v) is 2.16. The third-order valence-corrected chi connectivity index (χ3v) is 3.42. The number of hydrogen-bond acceptors (Lipinski definition) is 2. The molecule has 2 aliphatic rings. The minimum atomic E-state index is 0.0259.